The lowest BCUT2D eigenvalue weighted by Gasteiger charge is -2.25. The molecule has 2 aromatic rings. The Morgan fingerprint density at radius 2 is 2.04 bits per heavy atom. The summed E-state index contributed by atoms with van der Waals surface area (Å²) in [6, 6.07) is 8.56. The van der Waals surface area contributed by atoms with Crippen LogP contribution < -0.4 is 10.6 Å². The van der Waals surface area contributed by atoms with Gasteiger partial charge in [0.15, 0.2) is 0 Å². The fourth-order valence-corrected chi connectivity index (χ4v) is 3.83. The number of hydrogen-bond acceptors (Lipinski definition) is 5. The number of carbonyl (C=O) groups excluding carboxylic acids is 3. The largest absolute Gasteiger partial charge is 0.354 e. The summed E-state index contributed by atoms with van der Waals surface area (Å²) in [6.45, 7) is 3.88. The van der Waals surface area contributed by atoms with E-state index in [1.165, 1.54) is 0 Å². The highest BCUT2D eigenvalue weighted by Crippen LogP contribution is 2.32. The van der Waals surface area contributed by atoms with Gasteiger partial charge in [0.25, 0.3) is 5.91 Å². The van der Waals surface area contributed by atoms with Crippen LogP contribution in [0.15, 0.2) is 35.7 Å². The van der Waals surface area contributed by atoms with E-state index in [9.17, 15) is 14.4 Å². The van der Waals surface area contributed by atoms with Gasteiger partial charge in [-0.25, -0.2) is 9.78 Å². The highest BCUT2D eigenvalue weighted by atomic mass is 32.1. The molecule has 0 spiro atoms. The van der Waals surface area contributed by atoms with Crippen LogP contribution in [0.25, 0.3) is 0 Å². The van der Waals surface area contributed by atoms with Crippen molar-refractivity contribution in [3.8, 4) is 0 Å². The second kappa shape index (κ2) is 7.87. The predicted molar refractivity (Wildman–Crippen MR) is 102 cm³/mol. The molecule has 1 fully saturated rings. The number of urea groups is 1. The molecule has 0 saturated carbocycles. The van der Waals surface area contributed by atoms with Crippen molar-refractivity contribution >= 4 is 29.2 Å². The van der Waals surface area contributed by atoms with Crippen molar-refractivity contribution in [2.75, 3.05) is 13.1 Å². The first-order valence-electron chi connectivity index (χ1n) is 8.83. The van der Waals surface area contributed by atoms with E-state index < -0.39 is 17.5 Å². The van der Waals surface area contributed by atoms with E-state index in [1.54, 1.807) is 23.5 Å². The Hall–Kier alpha value is -2.74. The average molecular weight is 386 g/mol. The summed E-state index contributed by atoms with van der Waals surface area (Å²) >= 11 is 1.56. The Morgan fingerprint density at radius 3 is 2.67 bits per heavy atom. The van der Waals surface area contributed by atoms with Gasteiger partial charge in [-0.1, -0.05) is 37.3 Å². The standard InChI is InChI=1S/C19H22N4O3S/c1-3-19(14-7-5-4-6-8-14)17(25)23(18(26)22-19)11-16(24)20-10-9-15-12-27-13(2)21-15/h4-8,12H,3,9-11H2,1-2H3,(H,20,24)(H,22,26)/t19-/m1/s1. The predicted octanol–water partition coefficient (Wildman–Crippen LogP) is 1.97. The molecule has 7 nitrogen and oxygen atoms in total. The van der Waals surface area contributed by atoms with Crippen LogP contribution in [0.3, 0.4) is 0 Å². The summed E-state index contributed by atoms with van der Waals surface area (Å²) in [7, 11) is 0. The molecular formula is C19H22N4O3S. The monoisotopic (exact) mass is 386 g/mol. The fourth-order valence-electron chi connectivity index (χ4n) is 3.18. The molecule has 0 aliphatic carbocycles. The second-order valence-electron chi connectivity index (χ2n) is 6.40. The molecule has 0 unspecified atom stereocenters. The quantitative estimate of drug-likeness (QED) is 0.712. The van der Waals surface area contributed by atoms with Crippen LogP contribution in [0.2, 0.25) is 0 Å². The molecule has 1 atom stereocenters. The van der Waals surface area contributed by atoms with Crippen molar-refractivity contribution in [1.82, 2.24) is 20.5 Å². The third kappa shape index (κ3) is 3.85. The number of hydrogen-bond donors (Lipinski definition) is 2. The molecule has 8 heteroatoms. The number of aromatic nitrogens is 1. The fraction of sp³-hybridized carbons (Fsp3) is 0.368. The van der Waals surface area contributed by atoms with E-state index in [-0.39, 0.29) is 12.5 Å². The van der Waals surface area contributed by atoms with Gasteiger partial charge in [-0.3, -0.25) is 14.5 Å². The van der Waals surface area contributed by atoms with Crippen LogP contribution in [-0.2, 0) is 21.5 Å². The van der Waals surface area contributed by atoms with Gasteiger partial charge in [0.2, 0.25) is 5.91 Å². The van der Waals surface area contributed by atoms with Gasteiger partial charge in [-0.15, -0.1) is 11.3 Å². The Morgan fingerprint density at radius 1 is 1.30 bits per heavy atom. The number of nitrogens with one attached hydrogen (secondary N) is 2. The maximum Gasteiger partial charge on any atom is 0.325 e. The second-order valence-corrected chi connectivity index (χ2v) is 7.47. The zero-order chi connectivity index (χ0) is 19.4. The number of amides is 4. The lowest BCUT2D eigenvalue weighted by Crippen LogP contribution is -2.45. The van der Waals surface area contributed by atoms with Gasteiger partial charge >= 0.3 is 6.03 Å². The third-order valence-electron chi connectivity index (χ3n) is 4.64. The molecule has 0 radical (unpaired) electrons. The molecule has 142 valence electrons. The van der Waals surface area contributed by atoms with Crippen molar-refractivity contribution in [2.24, 2.45) is 0 Å². The van der Waals surface area contributed by atoms with Crippen LogP contribution in [0.5, 0.6) is 0 Å². The number of thiazole rings is 1. The zero-order valence-electron chi connectivity index (χ0n) is 15.3. The van der Waals surface area contributed by atoms with Crippen LogP contribution in [0, 0.1) is 6.92 Å². The zero-order valence-corrected chi connectivity index (χ0v) is 16.1. The first kappa shape index (κ1) is 19.0. The van der Waals surface area contributed by atoms with Gasteiger partial charge in [0.1, 0.15) is 12.1 Å². The van der Waals surface area contributed by atoms with E-state index >= 15 is 0 Å². The summed E-state index contributed by atoms with van der Waals surface area (Å²) in [4.78, 5) is 42.9. The molecule has 1 aromatic heterocycles. The molecule has 1 aliphatic rings. The molecular weight excluding hydrogens is 364 g/mol. The van der Waals surface area contributed by atoms with Crippen LogP contribution in [-0.4, -0.2) is 40.8 Å². The summed E-state index contributed by atoms with van der Waals surface area (Å²) < 4.78 is 0. The molecule has 1 aromatic carbocycles. The number of benzene rings is 1. The van der Waals surface area contributed by atoms with Crippen molar-refractivity contribution < 1.29 is 14.4 Å². The van der Waals surface area contributed by atoms with E-state index in [0.717, 1.165) is 15.6 Å². The Bertz CT molecular complexity index is 852. The van der Waals surface area contributed by atoms with Crippen molar-refractivity contribution in [3.05, 3.63) is 52.0 Å². The highest BCUT2D eigenvalue weighted by molar-refractivity contribution is 7.09. The van der Waals surface area contributed by atoms with Crippen molar-refractivity contribution in [2.45, 2.75) is 32.2 Å². The lowest BCUT2D eigenvalue weighted by molar-refractivity contribution is -0.135. The van der Waals surface area contributed by atoms with Crippen molar-refractivity contribution in [1.29, 1.82) is 0 Å². The number of imide groups is 1. The SMILES string of the molecule is CC[C@]1(c2ccccc2)NC(=O)N(CC(=O)NCCc2csc(C)n2)C1=O. The van der Waals surface area contributed by atoms with E-state index in [2.05, 4.69) is 15.6 Å². The van der Waals surface area contributed by atoms with Crippen molar-refractivity contribution in [3.63, 3.8) is 0 Å². The molecule has 0 bridgehead atoms. The van der Waals surface area contributed by atoms with E-state index in [4.69, 9.17) is 0 Å². The van der Waals surface area contributed by atoms with Gasteiger partial charge in [-0.05, 0) is 18.9 Å². The third-order valence-corrected chi connectivity index (χ3v) is 5.47. The minimum absolute atomic E-state index is 0.296. The number of aryl methyl sites for hydroxylation is 1. The Kier molecular flexibility index (Phi) is 5.55. The lowest BCUT2D eigenvalue weighted by atomic mass is 9.87. The molecule has 3 rings (SSSR count). The minimum atomic E-state index is -1.11. The number of nitrogens with zero attached hydrogens (tertiary/aromatic N) is 2. The smallest absolute Gasteiger partial charge is 0.325 e. The maximum atomic E-state index is 13.0. The molecule has 1 saturated heterocycles. The summed E-state index contributed by atoms with van der Waals surface area (Å²) in [5.41, 5.74) is 0.519. The summed E-state index contributed by atoms with van der Waals surface area (Å²) in [6.07, 6.45) is 1.02. The highest BCUT2D eigenvalue weighted by Gasteiger charge is 2.51. The summed E-state index contributed by atoms with van der Waals surface area (Å²) in [5, 5.41) is 8.45. The minimum Gasteiger partial charge on any atom is -0.354 e. The molecule has 2 heterocycles. The molecule has 2 N–H and O–H groups in total. The Labute approximate surface area is 161 Å². The molecule has 1 aliphatic heterocycles. The topological polar surface area (TPSA) is 91.4 Å². The molecule has 4 amide bonds. The van der Waals surface area contributed by atoms with Gasteiger partial charge in [0, 0.05) is 18.3 Å². The van der Waals surface area contributed by atoms with Gasteiger partial charge in [-0.2, -0.15) is 0 Å². The van der Waals surface area contributed by atoms with E-state index in [0.29, 0.717) is 24.9 Å². The average Bonchev–Trinajstić information content (AvgIpc) is 3.19. The van der Waals surface area contributed by atoms with Gasteiger partial charge < -0.3 is 10.6 Å². The Balaban J connectivity index is 1.62. The van der Waals surface area contributed by atoms with E-state index in [1.807, 2.05) is 37.4 Å². The molecule has 27 heavy (non-hydrogen) atoms. The number of rotatable bonds is 7. The van der Waals surface area contributed by atoms with Gasteiger partial charge in [0.05, 0.1) is 10.7 Å². The first-order valence-corrected chi connectivity index (χ1v) is 9.71. The maximum absolute atomic E-state index is 13.0. The summed E-state index contributed by atoms with van der Waals surface area (Å²) in [5.74, 6) is -0.767. The van der Waals surface area contributed by atoms with Crippen LogP contribution in [0.4, 0.5) is 4.79 Å². The normalized spacial score (nSPS) is 19.3. The number of carbonyl (C=O) groups is 3. The van der Waals surface area contributed by atoms with Crippen LogP contribution in [0.1, 0.15) is 29.6 Å². The van der Waals surface area contributed by atoms with Crippen LogP contribution >= 0.6 is 11.3 Å². The first-order chi connectivity index (χ1) is 13.0.